The first-order chi connectivity index (χ1) is 17.5. The number of aromatic nitrogens is 1. The summed E-state index contributed by atoms with van der Waals surface area (Å²) in [6, 6.07) is 15.9. The lowest BCUT2D eigenvalue weighted by atomic mass is 9.87. The molecular weight excluding hydrogens is 475 g/mol. The topological polar surface area (TPSA) is 115 Å². The number of ketones is 1. The zero-order valence-electron chi connectivity index (χ0n) is 21.8. The first-order valence-electron chi connectivity index (χ1n) is 12.1. The van der Waals surface area contributed by atoms with E-state index in [0.717, 1.165) is 11.1 Å². The van der Waals surface area contributed by atoms with E-state index in [4.69, 9.17) is 20.3 Å². The number of aryl methyl sites for hydroxylation is 1. The normalized spacial score (nSPS) is 14.5. The van der Waals surface area contributed by atoms with Gasteiger partial charge in [-0.15, -0.1) is 0 Å². The van der Waals surface area contributed by atoms with Crippen molar-refractivity contribution in [2.75, 3.05) is 27.0 Å². The molecule has 0 spiro atoms. The Morgan fingerprint density at radius 3 is 2.41 bits per heavy atom. The van der Waals surface area contributed by atoms with Crippen LogP contribution in [-0.2, 0) is 11.1 Å². The highest BCUT2D eigenvalue weighted by molar-refractivity contribution is 5.96. The highest BCUT2D eigenvalue weighted by atomic mass is 19.1. The molecule has 0 fully saturated rings. The smallest absolute Gasteiger partial charge is 0.163 e. The number of hydrogen-bond acceptors (Lipinski definition) is 7. The van der Waals surface area contributed by atoms with E-state index in [1.54, 1.807) is 44.2 Å². The van der Waals surface area contributed by atoms with Gasteiger partial charge in [-0.2, -0.15) is 0 Å². The number of benzene rings is 2. The summed E-state index contributed by atoms with van der Waals surface area (Å²) < 4.78 is 24.5. The molecule has 0 radical (unpaired) electrons. The van der Waals surface area contributed by atoms with Crippen LogP contribution in [0.5, 0.6) is 11.5 Å². The van der Waals surface area contributed by atoms with Gasteiger partial charge in [-0.1, -0.05) is 29.8 Å². The lowest BCUT2D eigenvalue weighted by molar-refractivity contribution is 0.0396. The summed E-state index contributed by atoms with van der Waals surface area (Å²) >= 11 is 0. The number of carbonyl (C=O) groups excluding carboxylic acids is 1. The third-order valence-electron chi connectivity index (χ3n) is 6.33. The van der Waals surface area contributed by atoms with Gasteiger partial charge in [-0.05, 0) is 63.1 Å². The summed E-state index contributed by atoms with van der Waals surface area (Å²) in [6.45, 7) is 4.32. The van der Waals surface area contributed by atoms with Gasteiger partial charge in [-0.3, -0.25) is 4.79 Å². The molecule has 7 nitrogen and oxygen atoms in total. The number of Topliss-reactive ketones (excluding diaryl/α,β-unsaturated/α-hetero) is 1. The summed E-state index contributed by atoms with van der Waals surface area (Å²) in [5.74, 6) is 0.591. The number of methoxy groups -OCH3 is 1. The number of pyridine rings is 1. The van der Waals surface area contributed by atoms with Gasteiger partial charge < -0.3 is 25.4 Å². The molecule has 37 heavy (non-hydrogen) atoms. The largest absolute Gasteiger partial charge is 0.493 e. The fraction of sp³-hybridized carbons (Fsp3) is 0.379. The van der Waals surface area contributed by atoms with E-state index in [-0.39, 0.29) is 31.8 Å². The minimum Gasteiger partial charge on any atom is -0.493 e. The predicted octanol–water partition coefficient (Wildman–Crippen LogP) is 4.45. The molecule has 0 amide bonds. The number of nitrogens with zero attached hydrogens (tertiary/aromatic N) is 1. The first-order valence-corrected chi connectivity index (χ1v) is 12.1. The Hall–Kier alpha value is -3.33. The summed E-state index contributed by atoms with van der Waals surface area (Å²) in [5, 5.41) is 20.4. The number of ether oxygens (including phenoxy) is 2. The molecule has 0 aliphatic rings. The average molecular weight is 511 g/mol. The average Bonchev–Trinajstić information content (AvgIpc) is 2.90. The molecule has 2 atom stereocenters. The second-order valence-corrected chi connectivity index (χ2v) is 9.68. The SMILES string of the molecule is COc1cc(C(=O)CCC(C)(O)c2cc(C(C)(N)CF)cc(-c3ccc(C)cc3)n2)ccc1OCCO. The van der Waals surface area contributed by atoms with Crippen LogP contribution in [0.25, 0.3) is 11.3 Å². The molecule has 1 heterocycles. The molecule has 2 unspecified atom stereocenters. The maximum absolute atomic E-state index is 13.8. The van der Waals surface area contributed by atoms with E-state index >= 15 is 0 Å². The number of halogens is 1. The van der Waals surface area contributed by atoms with Gasteiger partial charge in [0.2, 0.25) is 0 Å². The number of hydrogen-bond donors (Lipinski definition) is 3. The van der Waals surface area contributed by atoms with Crippen LogP contribution < -0.4 is 15.2 Å². The number of nitrogens with two attached hydrogens (primary N) is 1. The summed E-state index contributed by atoms with van der Waals surface area (Å²) in [5.41, 5.74) is 7.14. The van der Waals surface area contributed by atoms with Crippen LogP contribution in [-0.4, -0.2) is 48.0 Å². The second kappa shape index (κ2) is 11.8. The zero-order valence-corrected chi connectivity index (χ0v) is 21.8. The number of aliphatic hydroxyl groups is 2. The van der Waals surface area contributed by atoms with Gasteiger partial charge in [0, 0.05) is 17.5 Å². The molecule has 198 valence electrons. The predicted molar refractivity (Wildman–Crippen MR) is 141 cm³/mol. The quantitative estimate of drug-likeness (QED) is 0.308. The van der Waals surface area contributed by atoms with Crippen molar-refractivity contribution in [3.8, 4) is 22.8 Å². The number of carbonyl (C=O) groups is 1. The van der Waals surface area contributed by atoms with Gasteiger partial charge in [0.05, 0.1) is 30.6 Å². The summed E-state index contributed by atoms with van der Waals surface area (Å²) in [6.07, 6.45) is 0.111. The van der Waals surface area contributed by atoms with E-state index in [1.807, 2.05) is 31.2 Å². The molecule has 3 rings (SSSR count). The maximum atomic E-state index is 13.8. The van der Waals surface area contributed by atoms with E-state index in [9.17, 15) is 14.3 Å². The van der Waals surface area contributed by atoms with E-state index in [0.29, 0.717) is 34.0 Å². The third-order valence-corrected chi connectivity index (χ3v) is 6.33. The number of rotatable bonds is 12. The van der Waals surface area contributed by atoms with Crippen LogP contribution >= 0.6 is 0 Å². The van der Waals surface area contributed by atoms with Crippen molar-refractivity contribution in [2.24, 2.45) is 5.73 Å². The molecule has 4 N–H and O–H groups in total. The molecule has 0 saturated heterocycles. The molecule has 0 saturated carbocycles. The fourth-order valence-corrected chi connectivity index (χ4v) is 3.83. The van der Waals surface area contributed by atoms with Crippen LogP contribution in [0, 0.1) is 6.92 Å². The Labute approximate surface area is 217 Å². The van der Waals surface area contributed by atoms with Crippen molar-refractivity contribution in [1.29, 1.82) is 0 Å². The van der Waals surface area contributed by atoms with Crippen LogP contribution in [0.2, 0.25) is 0 Å². The van der Waals surface area contributed by atoms with E-state index < -0.39 is 17.8 Å². The molecule has 1 aromatic heterocycles. The van der Waals surface area contributed by atoms with Crippen molar-refractivity contribution in [3.05, 3.63) is 77.0 Å². The molecule has 0 aliphatic carbocycles. The van der Waals surface area contributed by atoms with Crippen molar-refractivity contribution in [1.82, 2.24) is 4.98 Å². The first kappa shape index (κ1) is 28.2. The summed E-state index contributed by atoms with van der Waals surface area (Å²) in [4.78, 5) is 17.6. The van der Waals surface area contributed by atoms with E-state index in [2.05, 4.69) is 4.98 Å². The van der Waals surface area contributed by atoms with E-state index in [1.165, 1.54) is 7.11 Å². The van der Waals surface area contributed by atoms with Crippen molar-refractivity contribution < 1.29 is 28.9 Å². The second-order valence-electron chi connectivity index (χ2n) is 9.68. The highest BCUT2D eigenvalue weighted by Gasteiger charge is 2.30. The molecular formula is C29H35FN2O5. The maximum Gasteiger partial charge on any atom is 0.163 e. The Bertz CT molecular complexity index is 1230. The minimum atomic E-state index is -1.48. The van der Waals surface area contributed by atoms with Crippen LogP contribution in [0.4, 0.5) is 4.39 Å². The van der Waals surface area contributed by atoms with Crippen LogP contribution in [0.1, 0.15) is 53.9 Å². The molecule has 2 aromatic carbocycles. The lowest BCUT2D eigenvalue weighted by Gasteiger charge is -2.27. The Morgan fingerprint density at radius 1 is 1.08 bits per heavy atom. The van der Waals surface area contributed by atoms with Gasteiger partial charge in [0.1, 0.15) is 18.9 Å². The van der Waals surface area contributed by atoms with Gasteiger partial charge >= 0.3 is 0 Å². The van der Waals surface area contributed by atoms with Crippen molar-refractivity contribution in [2.45, 2.75) is 44.8 Å². The molecule has 3 aromatic rings. The van der Waals surface area contributed by atoms with Crippen molar-refractivity contribution >= 4 is 5.78 Å². The van der Waals surface area contributed by atoms with Gasteiger partial charge in [0.15, 0.2) is 17.3 Å². The van der Waals surface area contributed by atoms with Gasteiger partial charge in [-0.25, -0.2) is 9.37 Å². The lowest BCUT2D eigenvalue weighted by Crippen LogP contribution is -2.36. The zero-order chi connectivity index (χ0) is 27.2. The van der Waals surface area contributed by atoms with Gasteiger partial charge in [0.25, 0.3) is 0 Å². The summed E-state index contributed by atoms with van der Waals surface area (Å²) in [7, 11) is 1.47. The fourth-order valence-electron chi connectivity index (χ4n) is 3.83. The Kier molecular flexibility index (Phi) is 9.02. The standard InChI is InChI=1S/C29H35FN2O5/c1-19-5-7-20(8-6-19)23-16-22(28(2,31)18-30)17-27(32-23)29(3,35)12-11-24(34)21-9-10-25(37-14-13-33)26(15-21)36-4/h5-10,15-17,33,35H,11-14,18,31H2,1-4H3. The van der Waals surface area contributed by atoms with Crippen molar-refractivity contribution in [3.63, 3.8) is 0 Å². The molecule has 0 aliphatic heterocycles. The molecule has 8 heteroatoms. The monoisotopic (exact) mass is 510 g/mol. The number of aliphatic hydroxyl groups excluding tert-OH is 1. The minimum absolute atomic E-state index is 0.0295. The highest BCUT2D eigenvalue weighted by Crippen LogP contribution is 2.33. The van der Waals surface area contributed by atoms with Crippen LogP contribution in [0.15, 0.2) is 54.6 Å². The molecule has 0 bridgehead atoms. The third kappa shape index (κ3) is 6.91. The Morgan fingerprint density at radius 2 is 1.78 bits per heavy atom. The van der Waals surface area contributed by atoms with Crippen LogP contribution in [0.3, 0.4) is 0 Å². The Balaban J connectivity index is 1.88. The number of alkyl halides is 1.